The molecule has 3 aromatic rings. The van der Waals surface area contributed by atoms with Crippen molar-refractivity contribution in [2.75, 3.05) is 11.4 Å². The van der Waals surface area contributed by atoms with Gasteiger partial charge in [0, 0.05) is 22.7 Å². The van der Waals surface area contributed by atoms with Gasteiger partial charge in [0.2, 0.25) is 15.9 Å². The summed E-state index contributed by atoms with van der Waals surface area (Å²) >= 11 is 3.49. The fourth-order valence-electron chi connectivity index (χ4n) is 4.34. The zero-order chi connectivity index (χ0) is 23.8. The lowest BCUT2D eigenvalue weighted by Crippen LogP contribution is -2.45. The Balaban J connectivity index is 1.70. The normalized spacial score (nSPS) is 15.7. The van der Waals surface area contributed by atoms with Crippen molar-refractivity contribution in [3.63, 3.8) is 0 Å². The maximum atomic E-state index is 13.8. The zero-order valence-corrected chi connectivity index (χ0v) is 21.4. The maximum absolute atomic E-state index is 13.8. The average Bonchev–Trinajstić information content (AvgIpc) is 3.10. The van der Waals surface area contributed by atoms with Crippen molar-refractivity contribution in [3.8, 4) is 0 Å². The monoisotopic (exact) mass is 526 g/mol. The van der Waals surface area contributed by atoms with Gasteiger partial charge in [0.25, 0.3) is 0 Å². The minimum Gasteiger partial charge on any atom is -0.308 e. The van der Waals surface area contributed by atoms with E-state index in [0.717, 1.165) is 33.3 Å². The number of carbonyl (C=O) groups is 1. The molecule has 0 spiro atoms. The van der Waals surface area contributed by atoms with Crippen LogP contribution in [0.4, 0.5) is 5.69 Å². The molecule has 0 saturated heterocycles. The molecule has 0 fully saturated rings. The van der Waals surface area contributed by atoms with Crippen molar-refractivity contribution in [1.29, 1.82) is 0 Å². The van der Waals surface area contributed by atoms with E-state index in [9.17, 15) is 13.2 Å². The Morgan fingerprint density at radius 1 is 1.06 bits per heavy atom. The van der Waals surface area contributed by atoms with Crippen LogP contribution in [0.3, 0.4) is 0 Å². The molecule has 0 radical (unpaired) electrons. The summed E-state index contributed by atoms with van der Waals surface area (Å²) in [5.74, 6) is -0.228. The van der Waals surface area contributed by atoms with E-state index < -0.39 is 10.0 Å². The van der Waals surface area contributed by atoms with E-state index in [-0.39, 0.29) is 29.9 Å². The molecule has 1 atom stereocenters. The number of hydrogen-bond acceptors (Lipinski definition) is 3. The molecule has 5 nitrogen and oxygen atoms in total. The second-order valence-electron chi connectivity index (χ2n) is 8.62. The molecule has 1 unspecified atom stereocenters. The third kappa shape index (κ3) is 4.90. The molecule has 1 aliphatic rings. The Morgan fingerprint density at radius 2 is 1.79 bits per heavy atom. The van der Waals surface area contributed by atoms with Crippen LogP contribution in [-0.2, 0) is 27.8 Å². The fourth-order valence-corrected chi connectivity index (χ4v) is 6.44. The summed E-state index contributed by atoms with van der Waals surface area (Å²) in [6.07, 6.45) is 0.739. The van der Waals surface area contributed by atoms with Gasteiger partial charge in [-0.2, -0.15) is 4.31 Å². The van der Waals surface area contributed by atoms with Gasteiger partial charge in [-0.3, -0.25) is 4.79 Å². The molecule has 0 saturated carbocycles. The van der Waals surface area contributed by atoms with E-state index >= 15 is 0 Å². The first-order chi connectivity index (χ1) is 15.7. The highest BCUT2D eigenvalue weighted by Gasteiger charge is 2.35. The van der Waals surface area contributed by atoms with Crippen LogP contribution >= 0.6 is 15.9 Å². The number of hydrogen-bond donors (Lipinski definition) is 0. The molecule has 172 valence electrons. The SMILES string of the molecule is Cc1ccc(C)c(S(=O)(=O)N(CC(=O)N2c3ccc(Br)cc3CC2C)Cc2ccccc2)c1. The summed E-state index contributed by atoms with van der Waals surface area (Å²) in [4.78, 5) is 15.5. The van der Waals surface area contributed by atoms with Gasteiger partial charge in [0.1, 0.15) is 0 Å². The van der Waals surface area contributed by atoms with Crippen LogP contribution in [0.15, 0.2) is 76.1 Å². The topological polar surface area (TPSA) is 57.7 Å². The standard InChI is InChI=1S/C26H27BrN2O3S/c1-18-9-10-19(2)25(13-18)33(31,32)28(16-21-7-5-4-6-8-21)17-26(30)29-20(3)14-22-15-23(27)11-12-24(22)29/h4-13,15,20H,14,16-17H2,1-3H3. The molecule has 0 bridgehead atoms. The van der Waals surface area contributed by atoms with Gasteiger partial charge in [-0.15, -0.1) is 0 Å². The molecule has 1 heterocycles. The van der Waals surface area contributed by atoms with Gasteiger partial charge in [0.15, 0.2) is 0 Å². The Morgan fingerprint density at radius 3 is 2.52 bits per heavy atom. The summed E-state index contributed by atoms with van der Waals surface area (Å²) in [7, 11) is -3.90. The van der Waals surface area contributed by atoms with Crippen molar-refractivity contribution in [2.45, 2.75) is 44.7 Å². The molecule has 7 heteroatoms. The number of carbonyl (C=O) groups excluding carboxylic acids is 1. The highest BCUT2D eigenvalue weighted by atomic mass is 79.9. The lowest BCUT2D eigenvalue weighted by molar-refractivity contribution is -0.119. The second kappa shape index (κ2) is 9.41. The number of nitrogens with zero attached hydrogens (tertiary/aromatic N) is 2. The molecule has 3 aromatic carbocycles. The number of rotatable bonds is 6. The number of aryl methyl sites for hydroxylation is 2. The number of amides is 1. The van der Waals surface area contributed by atoms with E-state index in [1.165, 1.54) is 4.31 Å². The molecular weight excluding hydrogens is 500 g/mol. The lowest BCUT2D eigenvalue weighted by Gasteiger charge is -2.28. The third-order valence-electron chi connectivity index (χ3n) is 6.00. The van der Waals surface area contributed by atoms with Crippen molar-refractivity contribution < 1.29 is 13.2 Å². The summed E-state index contributed by atoms with van der Waals surface area (Å²) in [5, 5.41) is 0. The van der Waals surface area contributed by atoms with Crippen LogP contribution in [0.2, 0.25) is 0 Å². The Kier molecular flexibility index (Phi) is 6.75. The minimum atomic E-state index is -3.90. The molecule has 0 N–H and O–H groups in total. The number of fused-ring (bicyclic) bond motifs is 1. The fraction of sp³-hybridized carbons (Fsp3) is 0.269. The minimum absolute atomic E-state index is 0.0382. The molecule has 33 heavy (non-hydrogen) atoms. The molecule has 1 aliphatic heterocycles. The molecule has 4 rings (SSSR count). The summed E-state index contributed by atoms with van der Waals surface area (Å²) in [6, 6.07) is 20.6. The van der Waals surface area contributed by atoms with E-state index in [1.807, 2.05) is 68.4 Å². The zero-order valence-electron chi connectivity index (χ0n) is 19.0. The van der Waals surface area contributed by atoms with Crippen molar-refractivity contribution in [3.05, 3.63) is 93.5 Å². The highest BCUT2D eigenvalue weighted by Crippen LogP contribution is 2.34. The van der Waals surface area contributed by atoms with Gasteiger partial charge in [0.05, 0.1) is 11.4 Å². The predicted molar refractivity (Wildman–Crippen MR) is 135 cm³/mol. The van der Waals surface area contributed by atoms with Gasteiger partial charge < -0.3 is 4.90 Å². The summed E-state index contributed by atoms with van der Waals surface area (Å²) < 4.78 is 29.8. The molecule has 1 amide bonds. The molecule has 0 aromatic heterocycles. The number of benzene rings is 3. The van der Waals surface area contributed by atoms with Crippen molar-refractivity contribution in [2.24, 2.45) is 0 Å². The number of anilines is 1. The highest BCUT2D eigenvalue weighted by molar-refractivity contribution is 9.10. The number of halogens is 1. The Hall–Kier alpha value is -2.48. The van der Waals surface area contributed by atoms with Crippen LogP contribution in [0.25, 0.3) is 0 Å². The van der Waals surface area contributed by atoms with Gasteiger partial charge in [-0.25, -0.2) is 8.42 Å². The lowest BCUT2D eigenvalue weighted by atomic mass is 10.1. The number of sulfonamides is 1. The van der Waals surface area contributed by atoms with Gasteiger partial charge in [-0.05, 0) is 73.7 Å². The molecular formula is C26H27BrN2O3S. The Labute approximate surface area is 204 Å². The van der Waals surface area contributed by atoms with Crippen molar-refractivity contribution >= 4 is 37.5 Å². The quantitative estimate of drug-likeness (QED) is 0.441. The van der Waals surface area contributed by atoms with Crippen molar-refractivity contribution in [1.82, 2.24) is 4.31 Å². The summed E-state index contributed by atoms with van der Waals surface area (Å²) in [6.45, 7) is 5.53. The van der Waals surface area contributed by atoms with Crippen LogP contribution in [0.5, 0.6) is 0 Å². The third-order valence-corrected chi connectivity index (χ3v) is 8.43. The van der Waals surface area contributed by atoms with Gasteiger partial charge in [-0.1, -0.05) is 58.4 Å². The van der Waals surface area contributed by atoms with Crippen LogP contribution < -0.4 is 4.90 Å². The van der Waals surface area contributed by atoms with Gasteiger partial charge >= 0.3 is 0 Å². The van der Waals surface area contributed by atoms with E-state index in [0.29, 0.717) is 5.56 Å². The van der Waals surface area contributed by atoms with Crippen LogP contribution in [0, 0.1) is 13.8 Å². The smallest absolute Gasteiger partial charge is 0.244 e. The average molecular weight is 527 g/mol. The van der Waals surface area contributed by atoms with E-state index in [4.69, 9.17) is 0 Å². The first kappa shape index (κ1) is 23.7. The van der Waals surface area contributed by atoms with E-state index in [1.54, 1.807) is 24.0 Å². The maximum Gasteiger partial charge on any atom is 0.244 e. The summed E-state index contributed by atoms with van der Waals surface area (Å²) in [5.41, 5.74) is 4.28. The first-order valence-electron chi connectivity index (χ1n) is 10.9. The largest absolute Gasteiger partial charge is 0.308 e. The Bertz CT molecular complexity index is 1290. The second-order valence-corrected chi connectivity index (χ2v) is 11.4. The predicted octanol–water partition coefficient (Wildman–Crippen LogP) is 5.23. The molecule has 0 aliphatic carbocycles. The van der Waals surface area contributed by atoms with Crippen LogP contribution in [-0.4, -0.2) is 31.2 Å². The van der Waals surface area contributed by atoms with E-state index in [2.05, 4.69) is 15.9 Å². The van der Waals surface area contributed by atoms with Crippen LogP contribution in [0.1, 0.15) is 29.2 Å². The first-order valence-corrected chi connectivity index (χ1v) is 13.1.